The molecule has 1 heterocycles. The molecular formula is C15H22FN5. The third-order valence-corrected chi connectivity index (χ3v) is 3.30. The fourth-order valence-electron chi connectivity index (χ4n) is 2.07. The number of aromatic nitrogens is 4. The largest absolute Gasteiger partial charge is 0.307 e. The molecule has 0 fully saturated rings. The van der Waals surface area contributed by atoms with E-state index in [1.807, 2.05) is 0 Å². The second kappa shape index (κ2) is 7.26. The number of tetrazole rings is 1. The quantitative estimate of drug-likeness (QED) is 0.851. The molecule has 5 nitrogen and oxygen atoms in total. The number of hydrogen-bond donors (Lipinski definition) is 1. The van der Waals surface area contributed by atoms with E-state index < -0.39 is 0 Å². The molecule has 1 aromatic carbocycles. The molecule has 0 amide bonds. The van der Waals surface area contributed by atoms with Crippen LogP contribution in [0.15, 0.2) is 24.3 Å². The molecule has 21 heavy (non-hydrogen) atoms. The third-order valence-electron chi connectivity index (χ3n) is 3.30. The van der Waals surface area contributed by atoms with Gasteiger partial charge in [-0.15, -0.1) is 5.10 Å². The summed E-state index contributed by atoms with van der Waals surface area (Å²) in [6, 6.07) is 6.64. The van der Waals surface area contributed by atoms with Gasteiger partial charge in [0.15, 0.2) is 5.82 Å². The first-order valence-corrected chi connectivity index (χ1v) is 7.30. The second-order valence-electron chi connectivity index (χ2n) is 5.66. The molecular weight excluding hydrogens is 269 g/mol. The predicted octanol–water partition coefficient (Wildman–Crippen LogP) is 2.36. The van der Waals surface area contributed by atoms with Crippen LogP contribution in [0.2, 0.25) is 0 Å². The molecule has 6 heteroatoms. The normalized spacial score (nSPS) is 12.8. The first kappa shape index (κ1) is 15.6. The Kier molecular flexibility index (Phi) is 5.38. The summed E-state index contributed by atoms with van der Waals surface area (Å²) in [6.07, 6.45) is 0.773. The molecule has 1 aromatic heterocycles. The summed E-state index contributed by atoms with van der Waals surface area (Å²) >= 11 is 0. The van der Waals surface area contributed by atoms with Crippen molar-refractivity contribution >= 4 is 0 Å². The fourth-order valence-corrected chi connectivity index (χ4v) is 2.07. The van der Waals surface area contributed by atoms with E-state index in [9.17, 15) is 4.39 Å². The molecule has 0 aliphatic heterocycles. The highest BCUT2D eigenvalue weighted by atomic mass is 19.1. The van der Waals surface area contributed by atoms with Gasteiger partial charge in [-0.2, -0.15) is 0 Å². The molecule has 1 unspecified atom stereocenters. The number of aryl methyl sites for hydroxylation is 2. The lowest BCUT2D eigenvalue weighted by atomic mass is 10.1. The second-order valence-corrected chi connectivity index (χ2v) is 5.66. The lowest BCUT2D eigenvalue weighted by Crippen LogP contribution is -2.26. The van der Waals surface area contributed by atoms with Gasteiger partial charge < -0.3 is 5.32 Å². The molecule has 1 atom stereocenters. The molecule has 0 saturated heterocycles. The molecule has 2 rings (SSSR count). The number of benzene rings is 1. The van der Waals surface area contributed by atoms with Crippen molar-refractivity contribution in [2.75, 3.05) is 6.54 Å². The summed E-state index contributed by atoms with van der Waals surface area (Å²) in [6.45, 7) is 7.99. The van der Waals surface area contributed by atoms with Crippen LogP contribution in [0.1, 0.15) is 38.2 Å². The van der Waals surface area contributed by atoms with Crippen LogP contribution in [-0.2, 0) is 13.0 Å². The smallest absolute Gasteiger partial charge is 0.167 e. The van der Waals surface area contributed by atoms with E-state index in [1.165, 1.54) is 12.1 Å². The summed E-state index contributed by atoms with van der Waals surface area (Å²) in [4.78, 5) is 0. The van der Waals surface area contributed by atoms with Crippen molar-refractivity contribution in [2.45, 2.75) is 39.8 Å². The highest BCUT2D eigenvalue weighted by Gasteiger charge is 2.14. The maximum absolute atomic E-state index is 12.9. The van der Waals surface area contributed by atoms with Crippen LogP contribution >= 0.6 is 0 Å². The molecule has 0 saturated carbocycles. The minimum atomic E-state index is -0.214. The van der Waals surface area contributed by atoms with E-state index in [4.69, 9.17) is 0 Å². The van der Waals surface area contributed by atoms with Gasteiger partial charge in [-0.05, 0) is 53.9 Å². The van der Waals surface area contributed by atoms with Gasteiger partial charge in [0.25, 0.3) is 0 Å². The van der Waals surface area contributed by atoms with Crippen LogP contribution in [0.4, 0.5) is 4.39 Å². The summed E-state index contributed by atoms with van der Waals surface area (Å²) < 4.78 is 14.7. The molecule has 0 aliphatic rings. The lowest BCUT2D eigenvalue weighted by molar-refractivity contribution is 0.453. The van der Waals surface area contributed by atoms with Gasteiger partial charge in [0.2, 0.25) is 0 Å². The minimum Gasteiger partial charge on any atom is -0.307 e. The van der Waals surface area contributed by atoms with E-state index in [-0.39, 0.29) is 11.9 Å². The summed E-state index contributed by atoms with van der Waals surface area (Å²) in [7, 11) is 0. The zero-order chi connectivity index (χ0) is 15.2. The first-order chi connectivity index (χ1) is 10.1. The lowest BCUT2D eigenvalue weighted by Gasteiger charge is -2.15. The Balaban J connectivity index is 1.95. The molecule has 2 aromatic rings. The maximum Gasteiger partial charge on any atom is 0.167 e. The summed E-state index contributed by atoms with van der Waals surface area (Å²) in [5, 5.41) is 15.3. The average Bonchev–Trinajstić information content (AvgIpc) is 2.92. The molecule has 114 valence electrons. The van der Waals surface area contributed by atoms with Crippen LogP contribution in [0.25, 0.3) is 0 Å². The van der Waals surface area contributed by atoms with Crippen LogP contribution in [0.5, 0.6) is 0 Å². The van der Waals surface area contributed by atoms with Crippen molar-refractivity contribution < 1.29 is 4.39 Å². The number of rotatable bonds is 7. The minimum absolute atomic E-state index is 0.107. The van der Waals surface area contributed by atoms with E-state index >= 15 is 0 Å². The summed E-state index contributed by atoms with van der Waals surface area (Å²) in [5.41, 5.74) is 1.07. The Hall–Kier alpha value is -1.82. The topological polar surface area (TPSA) is 55.6 Å². The molecule has 0 aliphatic carbocycles. The van der Waals surface area contributed by atoms with Gasteiger partial charge in [-0.25, -0.2) is 9.07 Å². The maximum atomic E-state index is 12.9. The Morgan fingerprint density at radius 1 is 1.19 bits per heavy atom. The molecule has 0 bridgehead atoms. The summed E-state index contributed by atoms with van der Waals surface area (Å²) in [5.74, 6) is 1.20. The van der Waals surface area contributed by atoms with Crippen molar-refractivity contribution in [1.82, 2.24) is 25.5 Å². The monoisotopic (exact) mass is 291 g/mol. The Morgan fingerprint density at radius 2 is 1.90 bits per heavy atom. The van der Waals surface area contributed by atoms with Crippen LogP contribution in [0.3, 0.4) is 0 Å². The zero-order valence-corrected chi connectivity index (χ0v) is 12.8. The fraction of sp³-hybridized carbons (Fsp3) is 0.533. The van der Waals surface area contributed by atoms with Gasteiger partial charge in [0, 0.05) is 6.54 Å². The van der Waals surface area contributed by atoms with Crippen molar-refractivity contribution in [2.24, 2.45) is 5.92 Å². The zero-order valence-electron chi connectivity index (χ0n) is 12.8. The average molecular weight is 291 g/mol. The predicted molar refractivity (Wildman–Crippen MR) is 79.2 cm³/mol. The van der Waals surface area contributed by atoms with Crippen LogP contribution in [0, 0.1) is 11.7 Å². The van der Waals surface area contributed by atoms with E-state index in [1.54, 1.807) is 16.8 Å². The number of halogens is 1. The van der Waals surface area contributed by atoms with Gasteiger partial charge in [0.1, 0.15) is 5.82 Å². The van der Waals surface area contributed by atoms with Gasteiger partial charge in [-0.3, -0.25) is 0 Å². The highest BCUT2D eigenvalue weighted by molar-refractivity contribution is 5.16. The molecule has 1 N–H and O–H groups in total. The molecule has 0 spiro atoms. The van der Waals surface area contributed by atoms with Crippen LogP contribution in [-0.4, -0.2) is 26.8 Å². The number of nitrogens with zero attached hydrogens (tertiary/aromatic N) is 4. The Labute approximate surface area is 124 Å². The number of hydrogen-bond acceptors (Lipinski definition) is 4. The third kappa shape index (κ3) is 4.60. The van der Waals surface area contributed by atoms with Gasteiger partial charge in [0.05, 0.1) is 6.04 Å². The van der Waals surface area contributed by atoms with Gasteiger partial charge >= 0.3 is 0 Å². The van der Waals surface area contributed by atoms with Crippen molar-refractivity contribution in [1.29, 1.82) is 0 Å². The van der Waals surface area contributed by atoms with Crippen molar-refractivity contribution in [3.63, 3.8) is 0 Å². The first-order valence-electron chi connectivity index (χ1n) is 7.30. The standard InChI is InChI=1S/C15H22FN5/c1-11(2)10-17-12(3)15-18-19-20-21(15)9-8-13-4-6-14(16)7-5-13/h4-7,11-12,17H,8-10H2,1-3H3. The van der Waals surface area contributed by atoms with Gasteiger partial charge in [-0.1, -0.05) is 26.0 Å². The van der Waals surface area contributed by atoms with E-state index in [0.29, 0.717) is 12.5 Å². The Bertz CT molecular complexity index is 549. The number of nitrogens with one attached hydrogen (secondary N) is 1. The van der Waals surface area contributed by atoms with Crippen LogP contribution < -0.4 is 5.32 Å². The molecule has 0 radical (unpaired) electrons. The highest BCUT2D eigenvalue weighted by Crippen LogP contribution is 2.10. The van der Waals surface area contributed by atoms with Crippen molar-refractivity contribution in [3.05, 3.63) is 41.5 Å². The van der Waals surface area contributed by atoms with Crippen molar-refractivity contribution in [3.8, 4) is 0 Å². The van der Waals surface area contributed by atoms with E-state index in [2.05, 4.69) is 41.6 Å². The van der Waals surface area contributed by atoms with E-state index in [0.717, 1.165) is 24.4 Å². The SMILES string of the molecule is CC(C)CNC(C)c1nnnn1CCc1ccc(F)cc1. The Morgan fingerprint density at radius 3 is 2.57 bits per heavy atom.